The second-order valence-corrected chi connectivity index (χ2v) is 7.50. The molecule has 0 spiro atoms. The van der Waals surface area contributed by atoms with Crippen LogP contribution < -0.4 is 4.90 Å². The van der Waals surface area contributed by atoms with Gasteiger partial charge in [-0.1, -0.05) is 46.3 Å². The molecule has 24 heavy (non-hydrogen) atoms. The predicted molar refractivity (Wildman–Crippen MR) is 98.0 cm³/mol. The average Bonchev–Trinajstić information content (AvgIpc) is 2.56. The molecule has 0 bridgehead atoms. The van der Waals surface area contributed by atoms with E-state index in [4.69, 9.17) is 4.74 Å². The van der Waals surface area contributed by atoms with Gasteiger partial charge in [-0.2, -0.15) is 0 Å². The maximum Gasteiger partial charge on any atom is 0.227 e. The fraction of sp³-hybridized carbons (Fsp3) is 0.350. The number of benzene rings is 2. The van der Waals surface area contributed by atoms with Crippen LogP contribution in [0.15, 0.2) is 53.0 Å². The van der Waals surface area contributed by atoms with E-state index < -0.39 is 0 Å². The van der Waals surface area contributed by atoms with Gasteiger partial charge >= 0.3 is 0 Å². The van der Waals surface area contributed by atoms with Gasteiger partial charge in [-0.15, -0.1) is 0 Å². The number of carbonyl (C=O) groups excluding carboxylic acids is 1. The quantitative estimate of drug-likeness (QED) is 0.776. The van der Waals surface area contributed by atoms with Gasteiger partial charge in [0.05, 0.1) is 12.7 Å². The zero-order valence-electron chi connectivity index (χ0n) is 13.5. The third-order valence-corrected chi connectivity index (χ3v) is 5.43. The van der Waals surface area contributed by atoms with Crippen molar-refractivity contribution in [1.29, 1.82) is 0 Å². The summed E-state index contributed by atoms with van der Waals surface area (Å²) in [5.74, 6) is 0.247. The number of rotatable bonds is 4. The van der Waals surface area contributed by atoms with E-state index in [1.54, 1.807) is 0 Å². The highest BCUT2D eigenvalue weighted by molar-refractivity contribution is 9.10. The number of halogens is 1. The van der Waals surface area contributed by atoms with Crippen molar-refractivity contribution in [2.75, 3.05) is 4.90 Å². The topological polar surface area (TPSA) is 29.5 Å². The number of carbonyl (C=O) groups is 1. The van der Waals surface area contributed by atoms with Gasteiger partial charge in [-0.3, -0.25) is 4.79 Å². The lowest BCUT2D eigenvalue weighted by Gasteiger charge is -2.44. The Kier molecular flexibility index (Phi) is 4.42. The molecular formula is C20H20BrNO2. The second kappa shape index (κ2) is 6.69. The van der Waals surface area contributed by atoms with E-state index in [0.29, 0.717) is 13.0 Å². The van der Waals surface area contributed by atoms with E-state index in [2.05, 4.69) is 40.2 Å². The van der Waals surface area contributed by atoms with E-state index in [-0.39, 0.29) is 18.1 Å². The summed E-state index contributed by atoms with van der Waals surface area (Å²) < 4.78 is 7.06. The molecule has 2 aromatic rings. The van der Waals surface area contributed by atoms with Crippen LogP contribution in [0.25, 0.3) is 0 Å². The van der Waals surface area contributed by atoms with E-state index in [9.17, 15) is 4.79 Å². The molecule has 2 aromatic carbocycles. The highest BCUT2D eigenvalue weighted by atomic mass is 79.9. The molecule has 0 N–H and O–H groups in total. The van der Waals surface area contributed by atoms with Gasteiger partial charge in [0.15, 0.2) is 0 Å². The van der Waals surface area contributed by atoms with E-state index in [1.807, 2.05) is 29.2 Å². The molecule has 4 rings (SSSR count). The van der Waals surface area contributed by atoms with Crippen LogP contribution in [-0.2, 0) is 22.6 Å². The fourth-order valence-corrected chi connectivity index (χ4v) is 3.97. The van der Waals surface area contributed by atoms with Crippen LogP contribution in [0.4, 0.5) is 5.69 Å². The molecule has 3 nitrogen and oxygen atoms in total. The summed E-state index contributed by atoms with van der Waals surface area (Å²) >= 11 is 3.52. The van der Waals surface area contributed by atoms with Crippen molar-refractivity contribution >= 4 is 27.5 Å². The zero-order chi connectivity index (χ0) is 16.5. The first kappa shape index (κ1) is 15.9. The number of nitrogens with zero attached hydrogens (tertiary/aromatic N) is 1. The number of aryl methyl sites for hydroxylation is 1. The first-order valence-electron chi connectivity index (χ1n) is 8.47. The monoisotopic (exact) mass is 385 g/mol. The second-order valence-electron chi connectivity index (χ2n) is 6.58. The van der Waals surface area contributed by atoms with Crippen molar-refractivity contribution < 1.29 is 9.53 Å². The summed E-state index contributed by atoms with van der Waals surface area (Å²) in [6.07, 6.45) is 3.55. The smallest absolute Gasteiger partial charge is 0.227 e. The van der Waals surface area contributed by atoms with E-state index in [1.165, 1.54) is 11.1 Å². The van der Waals surface area contributed by atoms with Crippen LogP contribution in [0.3, 0.4) is 0 Å². The Balaban J connectivity index is 1.39. The Hall–Kier alpha value is -1.65. The Morgan fingerprint density at radius 3 is 2.67 bits per heavy atom. The Morgan fingerprint density at radius 2 is 1.88 bits per heavy atom. The molecule has 1 heterocycles. The predicted octanol–water partition coefficient (Wildman–Crippen LogP) is 4.48. The summed E-state index contributed by atoms with van der Waals surface area (Å²) in [6.45, 7) is 0.649. The average molecular weight is 386 g/mol. The standard InChI is InChI=1S/C20H20BrNO2/c21-16-7-8-19-15(10-16)6-9-20(23)22(19)17-11-18(12-17)24-13-14-4-2-1-3-5-14/h1-5,7-8,10,17-18H,6,9,11-13H2/t17-,18+. The molecule has 1 amide bonds. The van der Waals surface area contributed by atoms with Crippen molar-refractivity contribution in [1.82, 2.24) is 0 Å². The van der Waals surface area contributed by atoms with Gasteiger partial charge in [0, 0.05) is 22.6 Å². The molecular weight excluding hydrogens is 366 g/mol. The minimum atomic E-state index is 0.247. The molecule has 0 saturated heterocycles. The largest absolute Gasteiger partial charge is 0.373 e. The SMILES string of the molecule is O=C1CCc2cc(Br)ccc2N1[C@H]1C[C@@H](OCc2ccccc2)C1. The lowest BCUT2D eigenvalue weighted by molar-refractivity contribution is -0.120. The van der Waals surface area contributed by atoms with Crippen molar-refractivity contribution in [3.05, 3.63) is 64.1 Å². The molecule has 0 unspecified atom stereocenters. The Labute approximate surface area is 150 Å². The minimum Gasteiger partial charge on any atom is -0.373 e. The van der Waals surface area contributed by atoms with Crippen LogP contribution in [-0.4, -0.2) is 18.1 Å². The van der Waals surface area contributed by atoms with Crippen LogP contribution >= 0.6 is 15.9 Å². The fourth-order valence-electron chi connectivity index (χ4n) is 3.56. The molecule has 0 atom stereocenters. The van der Waals surface area contributed by atoms with Crippen molar-refractivity contribution in [2.45, 2.75) is 44.4 Å². The first-order chi connectivity index (χ1) is 11.7. The number of ether oxygens (including phenoxy) is 1. The van der Waals surface area contributed by atoms with Crippen molar-refractivity contribution in [2.24, 2.45) is 0 Å². The van der Waals surface area contributed by atoms with Gasteiger partial charge in [-0.25, -0.2) is 0 Å². The number of hydrogen-bond donors (Lipinski definition) is 0. The molecule has 1 saturated carbocycles. The van der Waals surface area contributed by atoms with Gasteiger partial charge < -0.3 is 9.64 Å². The van der Waals surface area contributed by atoms with Gasteiger partial charge in [0.1, 0.15) is 0 Å². The Morgan fingerprint density at radius 1 is 1.08 bits per heavy atom. The summed E-state index contributed by atoms with van der Waals surface area (Å²) in [5, 5.41) is 0. The highest BCUT2D eigenvalue weighted by Gasteiger charge is 2.39. The number of anilines is 1. The molecule has 0 aromatic heterocycles. The minimum absolute atomic E-state index is 0.247. The molecule has 0 radical (unpaired) electrons. The van der Waals surface area contributed by atoms with Crippen LogP contribution in [0.2, 0.25) is 0 Å². The highest BCUT2D eigenvalue weighted by Crippen LogP contribution is 2.38. The molecule has 1 aliphatic carbocycles. The van der Waals surface area contributed by atoms with Crippen molar-refractivity contribution in [3.8, 4) is 0 Å². The van der Waals surface area contributed by atoms with Crippen LogP contribution in [0.5, 0.6) is 0 Å². The number of fused-ring (bicyclic) bond motifs is 1. The zero-order valence-corrected chi connectivity index (χ0v) is 15.0. The maximum absolute atomic E-state index is 12.4. The van der Waals surface area contributed by atoms with Crippen LogP contribution in [0, 0.1) is 0 Å². The summed E-state index contributed by atoms with van der Waals surface area (Å²) in [4.78, 5) is 14.4. The summed E-state index contributed by atoms with van der Waals surface area (Å²) in [7, 11) is 0. The normalized spacial score (nSPS) is 22.9. The lowest BCUT2D eigenvalue weighted by Crippen LogP contribution is -2.52. The van der Waals surface area contributed by atoms with Gasteiger partial charge in [-0.05, 0) is 48.6 Å². The van der Waals surface area contributed by atoms with E-state index in [0.717, 1.165) is 29.4 Å². The third-order valence-electron chi connectivity index (χ3n) is 4.94. The molecule has 2 aliphatic rings. The molecule has 1 aliphatic heterocycles. The van der Waals surface area contributed by atoms with Gasteiger partial charge in [0.2, 0.25) is 5.91 Å². The Bertz CT molecular complexity index is 741. The molecule has 1 fully saturated rings. The van der Waals surface area contributed by atoms with E-state index >= 15 is 0 Å². The number of hydrogen-bond acceptors (Lipinski definition) is 2. The summed E-state index contributed by atoms with van der Waals surface area (Å²) in [5.41, 5.74) is 3.55. The third kappa shape index (κ3) is 3.13. The first-order valence-corrected chi connectivity index (χ1v) is 9.26. The number of amides is 1. The summed E-state index contributed by atoms with van der Waals surface area (Å²) in [6, 6.07) is 16.7. The van der Waals surface area contributed by atoms with Gasteiger partial charge in [0.25, 0.3) is 0 Å². The maximum atomic E-state index is 12.4. The molecule has 124 valence electrons. The van der Waals surface area contributed by atoms with Crippen molar-refractivity contribution in [3.63, 3.8) is 0 Å². The molecule has 4 heteroatoms. The lowest BCUT2D eigenvalue weighted by atomic mass is 9.85. The van der Waals surface area contributed by atoms with Crippen LogP contribution in [0.1, 0.15) is 30.4 Å².